The molecule has 0 heterocycles. The van der Waals surface area contributed by atoms with Gasteiger partial charge in [0.1, 0.15) is 0 Å². The zero-order valence-electron chi connectivity index (χ0n) is 8.95. The van der Waals surface area contributed by atoms with E-state index in [1.54, 1.807) is 31.2 Å². The van der Waals surface area contributed by atoms with E-state index in [9.17, 15) is 4.79 Å². The Kier molecular flexibility index (Phi) is 4.63. The zero-order valence-corrected chi connectivity index (χ0v) is 8.95. The van der Waals surface area contributed by atoms with Crippen LogP contribution >= 0.6 is 0 Å². The molecule has 0 amide bonds. The Labute approximate surface area is 89.1 Å². The molecule has 0 radical (unpaired) electrons. The Balaban J connectivity index is 2.59. The quantitative estimate of drug-likeness (QED) is 0.596. The second-order valence-electron chi connectivity index (χ2n) is 2.83. The van der Waals surface area contributed by atoms with Crippen molar-refractivity contribution in [1.29, 1.82) is 0 Å². The summed E-state index contributed by atoms with van der Waals surface area (Å²) in [5.74, 6) is -0.305. The van der Waals surface area contributed by atoms with E-state index >= 15 is 0 Å². The van der Waals surface area contributed by atoms with Crippen molar-refractivity contribution < 1.29 is 14.4 Å². The van der Waals surface area contributed by atoms with Crippen LogP contribution in [0.15, 0.2) is 24.3 Å². The fourth-order valence-corrected chi connectivity index (χ4v) is 1.04. The Bertz CT molecular complexity index is 308. The van der Waals surface area contributed by atoms with E-state index in [1.807, 2.05) is 6.92 Å². The molecule has 82 valence electrons. The molecule has 15 heavy (non-hydrogen) atoms. The average Bonchev–Trinajstić information content (AvgIpc) is 2.27. The molecule has 4 heteroatoms. The standard InChI is InChI=1S/C11H15NO3/c1-3-14-11(13)9-5-7-10(8-6-9)12-15-4-2/h5-8,12H,3-4H2,1-2H3. The lowest BCUT2D eigenvalue weighted by atomic mass is 10.2. The van der Waals surface area contributed by atoms with Crippen LogP contribution in [0.5, 0.6) is 0 Å². The van der Waals surface area contributed by atoms with Crippen molar-refractivity contribution in [2.75, 3.05) is 18.7 Å². The van der Waals surface area contributed by atoms with E-state index in [0.29, 0.717) is 18.8 Å². The van der Waals surface area contributed by atoms with Gasteiger partial charge >= 0.3 is 5.97 Å². The molecule has 0 aliphatic heterocycles. The van der Waals surface area contributed by atoms with Crippen molar-refractivity contribution in [3.63, 3.8) is 0 Å². The van der Waals surface area contributed by atoms with Gasteiger partial charge in [-0.25, -0.2) is 4.79 Å². The fourth-order valence-electron chi connectivity index (χ4n) is 1.04. The molecular weight excluding hydrogens is 194 g/mol. The summed E-state index contributed by atoms with van der Waals surface area (Å²) in [4.78, 5) is 16.3. The summed E-state index contributed by atoms with van der Waals surface area (Å²) in [5, 5.41) is 0. The molecule has 1 aromatic rings. The van der Waals surface area contributed by atoms with Crippen LogP contribution in [-0.2, 0) is 9.57 Å². The van der Waals surface area contributed by atoms with E-state index in [1.165, 1.54) is 0 Å². The second-order valence-corrected chi connectivity index (χ2v) is 2.83. The minimum atomic E-state index is -0.305. The summed E-state index contributed by atoms with van der Waals surface area (Å²) in [5.41, 5.74) is 4.09. The predicted molar refractivity (Wildman–Crippen MR) is 57.6 cm³/mol. The van der Waals surface area contributed by atoms with E-state index in [-0.39, 0.29) is 5.97 Å². The van der Waals surface area contributed by atoms with Gasteiger partial charge in [0, 0.05) is 0 Å². The van der Waals surface area contributed by atoms with Gasteiger partial charge in [-0.2, -0.15) is 0 Å². The second kappa shape index (κ2) is 6.03. The molecule has 0 unspecified atom stereocenters. The topological polar surface area (TPSA) is 47.6 Å². The number of carbonyl (C=O) groups excluding carboxylic acids is 1. The van der Waals surface area contributed by atoms with Crippen LogP contribution < -0.4 is 5.48 Å². The van der Waals surface area contributed by atoms with Gasteiger partial charge in [-0.1, -0.05) is 0 Å². The molecule has 4 nitrogen and oxygen atoms in total. The highest BCUT2D eigenvalue weighted by atomic mass is 16.6. The molecule has 0 saturated heterocycles. The van der Waals surface area contributed by atoms with E-state index in [2.05, 4.69) is 5.48 Å². The van der Waals surface area contributed by atoms with Gasteiger partial charge in [-0.15, -0.1) is 0 Å². The van der Waals surface area contributed by atoms with Crippen molar-refractivity contribution in [3.05, 3.63) is 29.8 Å². The molecule has 0 aromatic heterocycles. The van der Waals surface area contributed by atoms with Crippen molar-refractivity contribution in [2.45, 2.75) is 13.8 Å². The van der Waals surface area contributed by atoms with E-state index in [4.69, 9.17) is 9.57 Å². The number of hydrogen-bond donors (Lipinski definition) is 1. The zero-order chi connectivity index (χ0) is 11.1. The SMILES string of the molecule is CCONc1ccc(C(=O)OCC)cc1. The Hall–Kier alpha value is -1.55. The highest BCUT2D eigenvalue weighted by molar-refractivity contribution is 5.89. The van der Waals surface area contributed by atoms with Crippen LogP contribution in [0.25, 0.3) is 0 Å². The van der Waals surface area contributed by atoms with Crippen LogP contribution in [0.3, 0.4) is 0 Å². The molecule has 0 aliphatic rings. The molecule has 0 bridgehead atoms. The molecule has 0 saturated carbocycles. The number of anilines is 1. The molecule has 0 atom stereocenters. The number of nitrogens with one attached hydrogen (secondary N) is 1. The minimum absolute atomic E-state index is 0.305. The summed E-state index contributed by atoms with van der Waals surface area (Å²) < 4.78 is 4.86. The minimum Gasteiger partial charge on any atom is -0.462 e. The summed E-state index contributed by atoms with van der Waals surface area (Å²) >= 11 is 0. The Morgan fingerprint density at radius 3 is 2.40 bits per heavy atom. The normalized spacial score (nSPS) is 9.73. The number of benzene rings is 1. The van der Waals surface area contributed by atoms with Gasteiger partial charge in [0.05, 0.1) is 24.5 Å². The molecule has 0 spiro atoms. The van der Waals surface area contributed by atoms with Crippen LogP contribution in [-0.4, -0.2) is 19.2 Å². The van der Waals surface area contributed by atoms with Gasteiger partial charge in [0.2, 0.25) is 0 Å². The summed E-state index contributed by atoms with van der Waals surface area (Å²) in [6.45, 7) is 4.64. The Morgan fingerprint density at radius 1 is 1.20 bits per heavy atom. The fraction of sp³-hybridized carbons (Fsp3) is 0.364. The van der Waals surface area contributed by atoms with Gasteiger partial charge < -0.3 is 4.74 Å². The van der Waals surface area contributed by atoms with Crippen LogP contribution in [0.1, 0.15) is 24.2 Å². The van der Waals surface area contributed by atoms with Gasteiger partial charge in [-0.3, -0.25) is 10.3 Å². The first kappa shape index (κ1) is 11.5. The smallest absolute Gasteiger partial charge is 0.338 e. The predicted octanol–water partition coefficient (Wildman–Crippen LogP) is 2.23. The number of esters is 1. The number of carbonyl (C=O) groups is 1. The summed E-state index contributed by atoms with van der Waals surface area (Å²) in [6.07, 6.45) is 0. The van der Waals surface area contributed by atoms with Crippen molar-refractivity contribution in [1.82, 2.24) is 0 Å². The lowest BCUT2D eigenvalue weighted by Gasteiger charge is -2.05. The summed E-state index contributed by atoms with van der Waals surface area (Å²) in [6, 6.07) is 6.92. The van der Waals surface area contributed by atoms with Crippen LogP contribution in [0.2, 0.25) is 0 Å². The van der Waals surface area contributed by atoms with E-state index in [0.717, 1.165) is 5.69 Å². The third kappa shape index (κ3) is 3.59. The van der Waals surface area contributed by atoms with Crippen LogP contribution in [0.4, 0.5) is 5.69 Å². The maximum atomic E-state index is 11.3. The first-order valence-electron chi connectivity index (χ1n) is 4.93. The van der Waals surface area contributed by atoms with Gasteiger partial charge in [-0.05, 0) is 38.1 Å². The van der Waals surface area contributed by atoms with Crippen molar-refractivity contribution in [3.8, 4) is 0 Å². The average molecular weight is 209 g/mol. The third-order valence-corrected chi connectivity index (χ3v) is 1.73. The number of rotatable bonds is 5. The molecule has 0 fully saturated rings. The maximum absolute atomic E-state index is 11.3. The number of hydrogen-bond acceptors (Lipinski definition) is 4. The molecule has 0 aliphatic carbocycles. The third-order valence-electron chi connectivity index (χ3n) is 1.73. The molecule has 1 aromatic carbocycles. The highest BCUT2D eigenvalue weighted by Gasteiger charge is 2.04. The largest absolute Gasteiger partial charge is 0.462 e. The van der Waals surface area contributed by atoms with E-state index < -0.39 is 0 Å². The lowest BCUT2D eigenvalue weighted by molar-refractivity contribution is 0.0526. The van der Waals surface area contributed by atoms with Crippen molar-refractivity contribution >= 4 is 11.7 Å². The highest BCUT2D eigenvalue weighted by Crippen LogP contribution is 2.10. The van der Waals surface area contributed by atoms with Crippen molar-refractivity contribution in [2.24, 2.45) is 0 Å². The van der Waals surface area contributed by atoms with Crippen LogP contribution in [0, 0.1) is 0 Å². The lowest BCUT2D eigenvalue weighted by Crippen LogP contribution is -2.05. The Morgan fingerprint density at radius 2 is 1.87 bits per heavy atom. The maximum Gasteiger partial charge on any atom is 0.338 e. The number of ether oxygens (including phenoxy) is 1. The first-order valence-corrected chi connectivity index (χ1v) is 4.93. The molecular formula is C11H15NO3. The first-order chi connectivity index (χ1) is 7.27. The molecule has 1 N–H and O–H groups in total. The monoisotopic (exact) mass is 209 g/mol. The summed E-state index contributed by atoms with van der Waals surface area (Å²) in [7, 11) is 0. The van der Waals surface area contributed by atoms with Gasteiger partial charge in [0.15, 0.2) is 0 Å². The van der Waals surface area contributed by atoms with Gasteiger partial charge in [0.25, 0.3) is 0 Å². The molecule has 1 rings (SSSR count).